The molecule has 2 saturated carbocycles. The second-order valence-corrected chi connectivity index (χ2v) is 19.5. The summed E-state index contributed by atoms with van der Waals surface area (Å²) < 4.78 is 50.2. The van der Waals surface area contributed by atoms with Gasteiger partial charge in [-0.2, -0.15) is 0 Å². The summed E-state index contributed by atoms with van der Waals surface area (Å²) in [6, 6.07) is 7.04. The van der Waals surface area contributed by atoms with Crippen LogP contribution in [0.25, 0.3) is 0 Å². The minimum absolute atomic E-state index is 0.0926. The van der Waals surface area contributed by atoms with E-state index in [1.165, 1.54) is 19.9 Å². The third kappa shape index (κ3) is 8.28. The molecule has 2 heterocycles. The summed E-state index contributed by atoms with van der Waals surface area (Å²) in [4.78, 5) is 68.1. The first kappa shape index (κ1) is 47.1. The zero-order valence-electron chi connectivity index (χ0n) is 37.6. The van der Waals surface area contributed by atoms with Crippen molar-refractivity contribution in [3.63, 3.8) is 0 Å². The van der Waals surface area contributed by atoms with Gasteiger partial charge >= 0.3 is 30.0 Å². The lowest BCUT2D eigenvalue weighted by molar-refractivity contribution is -0.405. The molecule has 0 aromatic heterocycles. The molecule has 16 nitrogen and oxygen atoms in total. The highest BCUT2D eigenvalue weighted by atomic mass is 16.7. The summed E-state index contributed by atoms with van der Waals surface area (Å²) in [5, 5.41) is 28.1. The first-order chi connectivity index (χ1) is 28.8. The number of aliphatic hydroxyl groups excluding tert-OH is 1. The SMILES string of the molecule is C=CC1O[C@H]2C[C@H]3OC[C@@]3(OC(C)=O)[C@H]3[C@H](OC(=O)c4ccccc4)[C@]4(O)C[C@H](OC(=O)[C@H](O)[C@@H](CC(C)C)NC(=O)OC(C)(C)C)C(C)=C([C@H](OC(C)=O)[C@H](O1)[C@]23C)C4(C)C. The van der Waals surface area contributed by atoms with Crippen LogP contribution in [-0.4, -0.2) is 119 Å². The number of esters is 4. The molecule has 16 heteroatoms. The van der Waals surface area contributed by atoms with E-state index in [-0.39, 0.29) is 30.9 Å². The van der Waals surface area contributed by atoms with Gasteiger partial charge in [-0.3, -0.25) is 9.59 Å². The lowest BCUT2D eigenvalue weighted by atomic mass is 9.44. The van der Waals surface area contributed by atoms with Gasteiger partial charge in [-0.25, -0.2) is 14.4 Å². The van der Waals surface area contributed by atoms with Crippen LogP contribution in [0.4, 0.5) is 4.79 Å². The number of aliphatic hydroxyl groups is 2. The van der Waals surface area contributed by atoms with Crippen molar-refractivity contribution in [2.24, 2.45) is 22.7 Å². The average molecular weight is 870 g/mol. The van der Waals surface area contributed by atoms with E-state index in [2.05, 4.69) is 11.9 Å². The maximum atomic E-state index is 14.4. The Hall–Kier alpha value is -4.35. The topological polar surface area (TPSA) is 212 Å². The Morgan fingerprint density at radius 1 is 0.984 bits per heavy atom. The molecule has 0 radical (unpaired) electrons. The van der Waals surface area contributed by atoms with Crippen molar-refractivity contribution < 1.29 is 72.1 Å². The van der Waals surface area contributed by atoms with Crippen molar-refractivity contribution in [1.82, 2.24) is 5.32 Å². The maximum absolute atomic E-state index is 14.4. The molecule has 2 saturated heterocycles. The number of carbonyl (C=O) groups excluding carboxylic acids is 5. The monoisotopic (exact) mass is 869 g/mol. The first-order valence-corrected chi connectivity index (χ1v) is 21.3. The lowest BCUT2D eigenvalue weighted by Gasteiger charge is -2.71. The van der Waals surface area contributed by atoms with E-state index in [1.807, 2.05) is 20.8 Å². The average Bonchev–Trinajstić information content (AvgIpc) is 3.15. The molecular formula is C46H63NO15. The van der Waals surface area contributed by atoms with E-state index in [9.17, 15) is 34.2 Å². The predicted molar refractivity (Wildman–Crippen MR) is 220 cm³/mol. The zero-order chi connectivity index (χ0) is 45.9. The van der Waals surface area contributed by atoms with Gasteiger partial charge in [-0.15, -0.1) is 0 Å². The van der Waals surface area contributed by atoms with Crippen molar-refractivity contribution in [3.05, 3.63) is 59.7 Å². The van der Waals surface area contributed by atoms with Crippen LogP contribution in [0.1, 0.15) is 106 Å². The summed E-state index contributed by atoms with van der Waals surface area (Å²) in [6.07, 6.45) is -9.36. The van der Waals surface area contributed by atoms with Crippen molar-refractivity contribution in [2.75, 3.05) is 6.61 Å². The highest BCUT2D eigenvalue weighted by molar-refractivity contribution is 5.89. The van der Waals surface area contributed by atoms with E-state index >= 15 is 0 Å². The summed E-state index contributed by atoms with van der Waals surface area (Å²) in [5.41, 5.74) is -6.65. The van der Waals surface area contributed by atoms with Gasteiger partial charge in [-0.05, 0) is 69.4 Å². The fraction of sp³-hybridized carbons (Fsp3) is 0.674. The van der Waals surface area contributed by atoms with Gasteiger partial charge in [0, 0.05) is 37.5 Å². The van der Waals surface area contributed by atoms with Crippen molar-refractivity contribution in [1.29, 1.82) is 0 Å². The van der Waals surface area contributed by atoms with Gasteiger partial charge in [0.2, 0.25) is 0 Å². The molecule has 2 bridgehead atoms. The van der Waals surface area contributed by atoms with E-state index in [1.54, 1.807) is 71.9 Å². The minimum Gasteiger partial charge on any atom is -0.456 e. The van der Waals surface area contributed by atoms with Crippen LogP contribution in [0.2, 0.25) is 0 Å². The number of carbonyl (C=O) groups is 5. The molecule has 1 amide bonds. The van der Waals surface area contributed by atoms with Crippen LogP contribution in [0.15, 0.2) is 54.1 Å². The highest BCUT2D eigenvalue weighted by Crippen LogP contribution is 2.67. The van der Waals surface area contributed by atoms with Gasteiger partial charge in [0.25, 0.3) is 0 Å². The van der Waals surface area contributed by atoms with Gasteiger partial charge in [0.15, 0.2) is 24.1 Å². The van der Waals surface area contributed by atoms with Crippen LogP contribution in [0.5, 0.6) is 0 Å². The fourth-order valence-electron chi connectivity index (χ4n) is 10.7. The zero-order valence-corrected chi connectivity index (χ0v) is 37.6. The van der Waals surface area contributed by atoms with Gasteiger partial charge in [-0.1, -0.05) is 59.4 Å². The molecular weight excluding hydrogens is 806 g/mol. The molecule has 6 rings (SSSR count). The third-order valence-corrected chi connectivity index (χ3v) is 13.4. The van der Waals surface area contributed by atoms with E-state index in [4.69, 9.17) is 37.9 Å². The molecule has 62 heavy (non-hydrogen) atoms. The molecule has 342 valence electrons. The van der Waals surface area contributed by atoms with Crippen molar-refractivity contribution >= 4 is 30.0 Å². The van der Waals surface area contributed by atoms with Gasteiger partial charge in [0.1, 0.15) is 35.6 Å². The molecule has 4 fully saturated rings. The molecule has 1 unspecified atom stereocenters. The third-order valence-electron chi connectivity index (χ3n) is 13.4. The minimum atomic E-state index is -2.23. The number of ether oxygens (including phenoxy) is 8. The number of alkyl carbamates (subject to hydrolysis) is 1. The Morgan fingerprint density at radius 2 is 1.65 bits per heavy atom. The smallest absolute Gasteiger partial charge is 0.407 e. The Kier molecular flexibility index (Phi) is 12.9. The van der Waals surface area contributed by atoms with Gasteiger partial charge in [0.05, 0.1) is 30.2 Å². The van der Waals surface area contributed by atoms with Crippen molar-refractivity contribution in [3.8, 4) is 0 Å². The normalized spacial score (nSPS) is 35.5. The Morgan fingerprint density at radius 3 is 2.19 bits per heavy atom. The lowest BCUT2D eigenvalue weighted by Crippen LogP contribution is -2.83. The van der Waals surface area contributed by atoms with Crippen LogP contribution in [0, 0.1) is 22.7 Å². The molecule has 5 aliphatic rings. The second-order valence-electron chi connectivity index (χ2n) is 19.5. The number of fused-ring (bicyclic) bond motifs is 4. The quantitative estimate of drug-likeness (QED) is 0.154. The Balaban J connectivity index is 1.57. The van der Waals surface area contributed by atoms with Crippen LogP contribution in [0.3, 0.4) is 0 Å². The number of hydrogen-bond donors (Lipinski definition) is 3. The van der Waals surface area contributed by atoms with Crippen LogP contribution >= 0.6 is 0 Å². The molecule has 3 N–H and O–H groups in total. The summed E-state index contributed by atoms with van der Waals surface area (Å²) >= 11 is 0. The number of nitrogens with one attached hydrogen (secondary N) is 1. The van der Waals surface area contributed by atoms with E-state index in [0.717, 1.165) is 0 Å². The highest BCUT2D eigenvalue weighted by Gasteiger charge is 2.79. The van der Waals surface area contributed by atoms with Crippen molar-refractivity contribution in [2.45, 2.75) is 167 Å². The number of amides is 1. The summed E-state index contributed by atoms with van der Waals surface area (Å²) in [7, 11) is 0. The Labute approximate surface area is 362 Å². The molecule has 2 aliphatic heterocycles. The van der Waals surface area contributed by atoms with Crippen LogP contribution in [-0.2, 0) is 52.3 Å². The Bertz CT molecular complexity index is 1960. The standard InChI is InChI=1S/C46H63NO15/c1-13-32-58-30-20-31-45(22-55-31,61-26(6)49)36-38(60-39(51)27-17-15-14-16-18-27)46(54)21-29(57-40(52)34(50)28(19-23(2)3)47-41(53)62-42(7,8)9)24(4)33(43(46,10)11)35(56-25(5)48)37(59-32)44(30,36)12/h13-18,23,28-32,34-38,50,54H,1,19-22H2,2-12H3,(H,47,53)/t28-,29+,30+,31-,32?,34-,35+,36+,37+,38+,44-,45+,46-/m1/s1. The number of benzene rings is 1. The van der Waals surface area contributed by atoms with E-state index < -0.39 is 125 Å². The molecule has 1 aromatic carbocycles. The number of rotatable bonds is 11. The largest absolute Gasteiger partial charge is 0.456 e. The maximum Gasteiger partial charge on any atom is 0.407 e. The fourth-order valence-corrected chi connectivity index (χ4v) is 10.7. The van der Waals surface area contributed by atoms with Crippen LogP contribution < -0.4 is 5.32 Å². The first-order valence-electron chi connectivity index (χ1n) is 21.3. The summed E-state index contributed by atoms with van der Waals surface area (Å²) in [5.74, 6) is -4.57. The second kappa shape index (κ2) is 17.0. The number of hydrogen-bond acceptors (Lipinski definition) is 15. The molecule has 1 aromatic rings. The van der Waals surface area contributed by atoms with Gasteiger partial charge < -0.3 is 53.4 Å². The molecule has 3 aliphatic carbocycles. The predicted octanol–water partition coefficient (Wildman–Crippen LogP) is 4.87. The molecule has 0 spiro atoms. The van der Waals surface area contributed by atoms with E-state index in [0.29, 0.717) is 11.1 Å². The molecule has 13 atom stereocenters. The summed E-state index contributed by atoms with van der Waals surface area (Å²) in [6.45, 7) is 21.9.